The van der Waals surface area contributed by atoms with Gasteiger partial charge in [-0.2, -0.15) is 0 Å². The van der Waals surface area contributed by atoms with Crippen molar-refractivity contribution in [1.82, 2.24) is 4.90 Å². The maximum Gasteiger partial charge on any atom is 0.255 e. The molecule has 3 aliphatic carbocycles. The minimum absolute atomic E-state index is 0.154. The Morgan fingerprint density at radius 3 is 2.38 bits per heavy atom. The number of carbonyl (C=O) groups is 3. The van der Waals surface area contributed by atoms with Crippen LogP contribution in [0.4, 0.5) is 5.69 Å². The number of likely N-dealkylation sites (N-methyl/N-ethyl adjacent to an activating group) is 1. The van der Waals surface area contributed by atoms with E-state index in [1.165, 1.54) is 12.1 Å². The number of phenolic OH excluding ortho intramolecular Hbond substituents is 1. The van der Waals surface area contributed by atoms with Crippen molar-refractivity contribution in [3.63, 3.8) is 0 Å². The first-order valence-electron chi connectivity index (χ1n) is 10.4. The fraction of sp³-hybridized carbons (Fsp3) is 0.435. The highest BCUT2D eigenvalue weighted by molar-refractivity contribution is 6.24. The highest BCUT2D eigenvalue weighted by atomic mass is 16.3. The Balaban J connectivity index is 1.92. The second-order valence-corrected chi connectivity index (χ2v) is 9.21. The molecule has 1 aromatic carbocycles. The van der Waals surface area contributed by atoms with E-state index in [9.17, 15) is 29.7 Å². The minimum Gasteiger partial charge on any atom is -0.510 e. The molecule has 4 unspecified atom stereocenters. The molecule has 5 N–H and O–H groups in total. The molecular formula is C23H27N3O6. The monoisotopic (exact) mass is 441 g/mol. The summed E-state index contributed by atoms with van der Waals surface area (Å²) in [5.74, 6) is -4.37. The third-order valence-electron chi connectivity index (χ3n) is 6.92. The number of aliphatic hydroxyl groups excluding tert-OH is 1. The molecule has 4 atom stereocenters. The molecule has 32 heavy (non-hydrogen) atoms. The lowest BCUT2D eigenvalue weighted by Crippen LogP contribution is -2.61. The average Bonchev–Trinajstić information content (AvgIpc) is 2.68. The number of aliphatic hydroxyl groups is 2. The van der Waals surface area contributed by atoms with E-state index >= 15 is 0 Å². The van der Waals surface area contributed by atoms with Gasteiger partial charge in [-0.05, 0) is 56.6 Å². The number of Topliss-reactive ketones (excluding diaryl/α,β-unsaturated/α-hetero) is 2. The van der Waals surface area contributed by atoms with Gasteiger partial charge in [-0.15, -0.1) is 0 Å². The molecule has 0 spiro atoms. The van der Waals surface area contributed by atoms with Gasteiger partial charge in [0.1, 0.15) is 17.1 Å². The van der Waals surface area contributed by atoms with Crippen molar-refractivity contribution in [2.24, 2.45) is 17.6 Å². The SMILES string of the molecule is CN(C)c1ccc(O)c2c1CC1CC3C(N(C)C)C(O)=C(C(N)=O)C(=O)C3(O)C=C1C2=O. The summed E-state index contributed by atoms with van der Waals surface area (Å²) in [5.41, 5.74) is 4.39. The maximum atomic E-state index is 13.4. The van der Waals surface area contributed by atoms with Gasteiger partial charge >= 0.3 is 0 Å². The van der Waals surface area contributed by atoms with Crippen LogP contribution in [0.1, 0.15) is 22.3 Å². The number of hydrogen-bond donors (Lipinski definition) is 4. The molecule has 9 nitrogen and oxygen atoms in total. The van der Waals surface area contributed by atoms with Crippen LogP contribution in [-0.4, -0.2) is 77.5 Å². The van der Waals surface area contributed by atoms with Crippen LogP contribution in [0.3, 0.4) is 0 Å². The molecule has 170 valence electrons. The van der Waals surface area contributed by atoms with Gasteiger partial charge in [0.15, 0.2) is 11.4 Å². The zero-order valence-corrected chi connectivity index (χ0v) is 18.4. The number of primary amides is 1. The second kappa shape index (κ2) is 7.18. The van der Waals surface area contributed by atoms with Crippen LogP contribution in [0.5, 0.6) is 5.75 Å². The van der Waals surface area contributed by atoms with Crippen LogP contribution in [0.2, 0.25) is 0 Å². The third kappa shape index (κ3) is 2.88. The predicted molar refractivity (Wildman–Crippen MR) is 116 cm³/mol. The van der Waals surface area contributed by atoms with E-state index in [4.69, 9.17) is 5.73 Å². The molecule has 0 radical (unpaired) electrons. The van der Waals surface area contributed by atoms with Gasteiger partial charge in [-0.25, -0.2) is 0 Å². The number of benzene rings is 1. The summed E-state index contributed by atoms with van der Waals surface area (Å²) in [5, 5.41) is 32.7. The number of ketones is 2. The zero-order valence-electron chi connectivity index (χ0n) is 18.4. The molecular weight excluding hydrogens is 414 g/mol. The molecule has 0 saturated carbocycles. The average molecular weight is 441 g/mol. The van der Waals surface area contributed by atoms with E-state index in [2.05, 4.69) is 0 Å². The van der Waals surface area contributed by atoms with Gasteiger partial charge < -0.3 is 26.0 Å². The van der Waals surface area contributed by atoms with Crippen LogP contribution in [0.25, 0.3) is 0 Å². The molecule has 0 aromatic heterocycles. The summed E-state index contributed by atoms with van der Waals surface area (Å²) in [6.45, 7) is 0. The third-order valence-corrected chi connectivity index (χ3v) is 6.92. The Labute approximate surface area is 185 Å². The van der Waals surface area contributed by atoms with E-state index in [0.717, 1.165) is 5.69 Å². The van der Waals surface area contributed by atoms with E-state index in [1.807, 2.05) is 19.0 Å². The van der Waals surface area contributed by atoms with Crippen LogP contribution in [-0.2, 0) is 16.0 Å². The van der Waals surface area contributed by atoms with Crippen molar-refractivity contribution in [3.05, 3.63) is 46.2 Å². The number of phenols is 1. The number of amides is 1. The van der Waals surface area contributed by atoms with Gasteiger partial charge in [0, 0.05) is 31.3 Å². The highest BCUT2D eigenvalue weighted by Crippen LogP contribution is 2.50. The van der Waals surface area contributed by atoms with Gasteiger partial charge in [-0.1, -0.05) is 0 Å². The van der Waals surface area contributed by atoms with Crippen LogP contribution in [0, 0.1) is 11.8 Å². The first-order valence-corrected chi connectivity index (χ1v) is 10.4. The lowest BCUT2D eigenvalue weighted by atomic mass is 9.59. The summed E-state index contributed by atoms with van der Waals surface area (Å²) in [6, 6.07) is 2.36. The molecule has 4 rings (SSSR count). The smallest absolute Gasteiger partial charge is 0.255 e. The van der Waals surface area contributed by atoms with Crippen molar-refractivity contribution in [2.75, 3.05) is 33.1 Å². The van der Waals surface area contributed by atoms with Crippen molar-refractivity contribution in [2.45, 2.75) is 24.5 Å². The fourth-order valence-electron chi connectivity index (χ4n) is 5.51. The zero-order chi connectivity index (χ0) is 23.7. The summed E-state index contributed by atoms with van der Waals surface area (Å²) >= 11 is 0. The topological polar surface area (TPSA) is 144 Å². The largest absolute Gasteiger partial charge is 0.510 e. The number of anilines is 1. The molecule has 9 heteroatoms. The van der Waals surface area contributed by atoms with Gasteiger partial charge in [0.25, 0.3) is 5.91 Å². The Morgan fingerprint density at radius 1 is 1.16 bits per heavy atom. The van der Waals surface area contributed by atoms with Crippen LogP contribution in [0.15, 0.2) is 35.1 Å². The van der Waals surface area contributed by atoms with Crippen LogP contribution < -0.4 is 10.6 Å². The van der Waals surface area contributed by atoms with Crippen molar-refractivity contribution >= 4 is 23.2 Å². The number of hydrogen-bond acceptors (Lipinski definition) is 8. The lowest BCUT2D eigenvalue weighted by Gasteiger charge is -2.49. The molecule has 0 fully saturated rings. The number of aromatic hydroxyl groups is 1. The number of fused-ring (bicyclic) bond motifs is 3. The highest BCUT2D eigenvalue weighted by Gasteiger charge is 2.58. The Kier molecular flexibility index (Phi) is 4.94. The van der Waals surface area contributed by atoms with Crippen molar-refractivity contribution in [3.8, 4) is 5.75 Å². The van der Waals surface area contributed by atoms with Crippen molar-refractivity contribution in [1.29, 1.82) is 0 Å². The number of allylic oxidation sites excluding steroid dienone is 1. The van der Waals surface area contributed by atoms with E-state index in [0.29, 0.717) is 12.0 Å². The number of nitrogens with zero attached hydrogens (tertiary/aromatic N) is 2. The number of nitrogens with two attached hydrogens (primary N) is 1. The molecule has 0 heterocycles. The van der Waals surface area contributed by atoms with E-state index < -0.39 is 46.4 Å². The maximum absolute atomic E-state index is 13.4. The molecule has 3 aliphatic rings. The van der Waals surface area contributed by atoms with E-state index in [1.54, 1.807) is 25.1 Å². The van der Waals surface area contributed by atoms with Crippen LogP contribution >= 0.6 is 0 Å². The fourth-order valence-corrected chi connectivity index (χ4v) is 5.51. The molecule has 0 aliphatic heterocycles. The summed E-state index contributed by atoms with van der Waals surface area (Å²) in [6.07, 6.45) is 1.86. The Morgan fingerprint density at radius 2 is 1.81 bits per heavy atom. The standard InChI is InChI=1S/C23H27N3O6/c1-25(2)14-5-6-15(27)16-11(14)7-10-8-13-18(26(3)4)20(29)17(22(24)31)21(30)23(13,32)9-12(10)19(16)28/h5-6,9-10,13,18,27,29,32H,7-8H2,1-4H3,(H2,24,31). The van der Waals surface area contributed by atoms with Crippen molar-refractivity contribution < 1.29 is 29.7 Å². The lowest BCUT2D eigenvalue weighted by molar-refractivity contribution is -0.142. The first kappa shape index (κ1) is 22.0. The number of carbonyl (C=O) groups excluding carboxylic acids is 3. The summed E-state index contributed by atoms with van der Waals surface area (Å²) in [7, 11) is 7.02. The quantitative estimate of drug-likeness (QED) is 0.490. The van der Waals surface area contributed by atoms with E-state index in [-0.39, 0.29) is 29.2 Å². The minimum atomic E-state index is -2.18. The first-order chi connectivity index (χ1) is 14.9. The summed E-state index contributed by atoms with van der Waals surface area (Å²) < 4.78 is 0. The molecule has 1 aromatic rings. The molecule has 0 bridgehead atoms. The van der Waals surface area contributed by atoms with Gasteiger partial charge in [0.2, 0.25) is 5.78 Å². The molecule has 1 amide bonds. The normalized spacial score (nSPS) is 29.3. The predicted octanol–water partition coefficient (Wildman–Crippen LogP) is 0.301. The Hall–Kier alpha value is -3.17. The second-order valence-electron chi connectivity index (χ2n) is 9.21. The van der Waals surface area contributed by atoms with Gasteiger partial charge in [0.05, 0.1) is 11.6 Å². The molecule has 0 saturated heterocycles. The number of rotatable bonds is 3. The Bertz CT molecular complexity index is 1120. The van der Waals surface area contributed by atoms with Gasteiger partial charge in [-0.3, -0.25) is 19.3 Å². The summed E-state index contributed by atoms with van der Waals surface area (Å²) in [4.78, 5) is 42.0.